The van der Waals surface area contributed by atoms with Crippen LogP contribution in [0.1, 0.15) is 26.3 Å². The van der Waals surface area contributed by atoms with Crippen molar-refractivity contribution >= 4 is 5.91 Å². The van der Waals surface area contributed by atoms with Gasteiger partial charge in [-0.3, -0.25) is 4.79 Å². The quantitative estimate of drug-likeness (QED) is 0.742. The molecule has 0 aliphatic carbocycles. The van der Waals surface area contributed by atoms with Gasteiger partial charge in [0.15, 0.2) is 17.5 Å². The Morgan fingerprint density at radius 3 is 2.36 bits per heavy atom. The lowest BCUT2D eigenvalue weighted by molar-refractivity contribution is -0.894. The number of rotatable bonds is 8. The van der Waals surface area contributed by atoms with Crippen molar-refractivity contribution in [3.8, 4) is 11.5 Å². The van der Waals surface area contributed by atoms with Crippen LogP contribution in [0.25, 0.3) is 0 Å². The minimum absolute atomic E-state index is 0.0671. The molecule has 2 N–H and O–H groups in total. The van der Waals surface area contributed by atoms with Gasteiger partial charge >= 0.3 is 0 Å². The van der Waals surface area contributed by atoms with Gasteiger partial charge in [0.2, 0.25) is 0 Å². The maximum absolute atomic E-state index is 12.0. The molecule has 1 amide bonds. The van der Waals surface area contributed by atoms with Crippen LogP contribution in [-0.4, -0.2) is 45.8 Å². The number of carbonyl (C=O) groups excluding carboxylic acids is 1. The third-order valence-corrected chi connectivity index (χ3v) is 3.82. The van der Waals surface area contributed by atoms with E-state index in [-0.39, 0.29) is 18.0 Å². The Morgan fingerprint density at radius 1 is 1.18 bits per heavy atom. The number of hydrogen-bond donors (Lipinski definition) is 2. The summed E-state index contributed by atoms with van der Waals surface area (Å²) in [5, 5.41) is 2.96. The molecule has 0 aliphatic heterocycles. The number of likely N-dealkylation sites (N-methyl/N-ethyl adjacent to an activating group) is 1. The van der Waals surface area contributed by atoms with Crippen molar-refractivity contribution < 1.29 is 19.2 Å². The van der Waals surface area contributed by atoms with Crippen molar-refractivity contribution in [1.29, 1.82) is 0 Å². The molecule has 124 valence electrons. The maximum Gasteiger partial charge on any atom is 0.278 e. The number of quaternary nitrogens is 1. The van der Waals surface area contributed by atoms with E-state index in [1.807, 2.05) is 46.0 Å². The van der Waals surface area contributed by atoms with E-state index in [1.54, 1.807) is 14.2 Å². The molecule has 0 saturated heterocycles. The van der Waals surface area contributed by atoms with Gasteiger partial charge in [-0.05, 0) is 38.5 Å². The highest BCUT2D eigenvalue weighted by Gasteiger charge is 2.21. The average molecular weight is 309 g/mol. The molecule has 0 aromatic heterocycles. The standard InChI is InChI=1S/C17H28N2O3/c1-12(2)18-17(20)13(3)19(4)10-9-14-7-8-15(21-5)16(11-14)22-6/h7-8,11-13H,9-10H2,1-6H3,(H,18,20)/p+1/t13-/m0/s1. The van der Waals surface area contributed by atoms with E-state index in [9.17, 15) is 4.79 Å². The van der Waals surface area contributed by atoms with Crippen LogP contribution in [0.4, 0.5) is 0 Å². The molecule has 0 aliphatic rings. The highest BCUT2D eigenvalue weighted by molar-refractivity contribution is 5.80. The third-order valence-electron chi connectivity index (χ3n) is 3.82. The summed E-state index contributed by atoms with van der Waals surface area (Å²) < 4.78 is 10.6. The predicted molar refractivity (Wildman–Crippen MR) is 87.7 cm³/mol. The Kier molecular flexibility index (Phi) is 7.18. The zero-order chi connectivity index (χ0) is 16.7. The highest BCUT2D eigenvalue weighted by atomic mass is 16.5. The second kappa shape index (κ2) is 8.63. The number of amides is 1. The van der Waals surface area contributed by atoms with Gasteiger partial charge in [-0.15, -0.1) is 0 Å². The monoisotopic (exact) mass is 309 g/mol. The molecule has 2 atom stereocenters. The fourth-order valence-corrected chi connectivity index (χ4v) is 2.23. The van der Waals surface area contributed by atoms with E-state index in [2.05, 4.69) is 5.32 Å². The van der Waals surface area contributed by atoms with Crippen molar-refractivity contribution in [2.24, 2.45) is 0 Å². The Morgan fingerprint density at radius 2 is 1.82 bits per heavy atom. The molecule has 0 bridgehead atoms. The number of methoxy groups -OCH3 is 2. The Bertz CT molecular complexity index is 489. The van der Waals surface area contributed by atoms with Crippen molar-refractivity contribution in [2.75, 3.05) is 27.8 Å². The second-order valence-electron chi connectivity index (χ2n) is 5.92. The average Bonchev–Trinajstić information content (AvgIpc) is 2.50. The maximum atomic E-state index is 12.0. The van der Waals surface area contributed by atoms with Gasteiger partial charge in [0.1, 0.15) is 0 Å². The number of benzene rings is 1. The van der Waals surface area contributed by atoms with Gasteiger partial charge < -0.3 is 19.7 Å². The molecule has 0 radical (unpaired) electrons. The molecule has 1 aromatic carbocycles. The van der Waals surface area contributed by atoms with Crippen LogP contribution < -0.4 is 19.7 Å². The first-order valence-electron chi connectivity index (χ1n) is 7.72. The van der Waals surface area contributed by atoms with Crippen LogP contribution >= 0.6 is 0 Å². The van der Waals surface area contributed by atoms with Gasteiger partial charge in [0, 0.05) is 12.5 Å². The molecule has 0 fully saturated rings. The summed E-state index contributed by atoms with van der Waals surface area (Å²) in [6.07, 6.45) is 0.880. The highest BCUT2D eigenvalue weighted by Crippen LogP contribution is 2.27. The number of nitrogens with one attached hydrogen (secondary N) is 2. The Labute approximate surface area is 133 Å². The normalized spacial score (nSPS) is 13.6. The number of carbonyl (C=O) groups is 1. The molecule has 0 spiro atoms. The van der Waals surface area contributed by atoms with Gasteiger partial charge in [-0.25, -0.2) is 0 Å². The smallest absolute Gasteiger partial charge is 0.278 e. The lowest BCUT2D eigenvalue weighted by atomic mass is 10.1. The summed E-state index contributed by atoms with van der Waals surface area (Å²) in [4.78, 5) is 13.2. The van der Waals surface area contributed by atoms with Crippen LogP contribution in [0, 0.1) is 0 Å². The van der Waals surface area contributed by atoms with E-state index in [0.717, 1.165) is 24.5 Å². The van der Waals surface area contributed by atoms with Crippen molar-refractivity contribution in [2.45, 2.75) is 39.3 Å². The van der Waals surface area contributed by atoms with E-state index >= 15 is 0 Å². The number of hydrogen-bond acceptors (Lipinski definition) is 3. The largest absolute Gasteiger partial charge is 0.493 e. The zero-order valence-corrected chi connectivity index (χ0v) is 14.5. The molecule has 5 nitrogen and oxygen atoms in total. The number of ether oxygens (including phenoxy) is 2. The first kappa shape index (κ1) is 18.3. The molecule has 1 rings (SSSR count). The van der Waals surface area contributed by atoms with Crippen LogP contribution in [0.2, 0.25) is 0 Å². The van der Waals surface area contributed by atoms with Crippen LogP contribution in [0.5, 0.6) is 11.5 Å². The van der Waals surface area contributed by atoms with E-state index in [4.69, 9.17) is 9.47 Å². The fourth-order valence-electron chi connectivity index (χ4n) is 2.23. The lowest BCUT2D eigenvalue weighted by Gasteiger charge is -2.22. The van der Waals surface area contributed by atoms with E-state index in [0.29, 0.717) is 0 Å². The summed E-state index contributed by atoms with van der Waals surface area (Å²) in [6, 6.07) is 6.05. The first-order chi connectivity index (χ1) is 10.4. The Balaban J connectivity index is 2.60. The minimum atomic E-state index is -0.0671. The third kappa shape index (κ3) is 5.22. The molecule has 1 aromatic rings. The van der Waals surface area contributed by atoms with Gasteiger partial charge in [0.05, 0.1) is 27.8 Å². The van der Waals surface area contributed by atoms with Crippen molar-refractivity contribution in [1.82, 2.24) is 5.32 Å². The van der Waals surface area contributed by atoms with Gasteiger partial charge in [-0.1, -0.05) is 6.07 Å². The summed E-state index contributed by atoms with van der Waals surface area (Å²) in [7, 11) is 5.31. The van der Waals surface area contributed by atoms with Crippen LogP contribution in [-0.2, 0) is 11.2 Å². The summed E-state index contributed by atoms with van der Waals surface area (Å²) in [5.41, 5.74) is 1.17. The first-order valence-corrected chi connectivity index (χ1v) is 7.72. The molecular weight excluding hydrogens is 280 g/mol. The molecular formula is C17H29N2O3+. The SMILES string of the molecule is COc1ccc(CC[NH+](C)[C@@H](C)C(=O)NC(C)C)cc1OC. The Hall–Kier alpha value is -1.75. The van der Waals surface area contributed by atoms with E-state index < -0.39 is 0 Å². The second-order valence-corrected chi connectivity index (χ2v) is 5.92. The summed E-state index contributed by atoms with van der Waals surface area (Å²) in [5.74, 6) is 1.57. The molecule has 22 heavy (non-hydrogen) atoms. The van der Waals surface area contributed by atoms with Gasteiger partial charge in [0.25, 0.3) is 5.91 Å². The predicted octanol–water partition coefficient (Wildman–Crippen LogP) is 0.674. The molecule has 0 saturated carbocycles. The van der Waals surface area contributed by atoms with Crippen LogP contribution in [0.3, 0.4) is 0 Å². The van der Waals surface area contributed by atoms with Crippen molar-refractivity contribution in [3.05, 3.63) is 23.8 Å². The lowest BCUT2D eigenvalue weighted by Crippen LogP contribution is -3.14. The molecule has 0 heterocycles. The molecule has 1 unspecified atom stereocenters. The van der Waals surface area contributed by atoms with Crippen molar-refractivity contribution in [3.63, 3.8) is 0 Å². The van der Waals surface area contributed by atoms with Gasteiger partial charge in [-0.2, -0.15) is 0 Å². The summed E-state index contributed by atoms with van der Waals surface area (Å²) in [6.45, 7) is 6.79. The zero-order valence-electron chi connectivity index (χ0n) is 14.5. The fraction of sp³-hybridized carbons (Fsp3) is 0.588. The van der Waals surface area contributed by atoms with E-state index in [1.165, 1.54) is 10.5 Å². The summed E-state index contributed by atoms with van der Waals surface area (Å²) >= 11 is 0. The van der Waals surface area contributed by atoms with Crippen LogP contribution in [0.15, 0.2) is 18.2 Å². The topological polar surface area (TPSA) is 52.0 Å². The minimum Gasteiger partial charge on any atom is -0.493 e. The molecule has 5 heteroatoms.